The first kappa shape index (κ1) is 16.1. The normalized spacial score (nSPS) is 20.6. The zero-order chi connectivity index (χ0) is 16.5. The molecule has 0 bridgehead atoms. The molecule has 0 radical (unpaired) electrons. The molecule has 22 heavy (non-hydrogen) atoms. The molecule has 1 amide bonds. The molecular formula is C15H20N2O5. The number of carboxylic acids is 1. The third kappa shape index (κ3) is 3.14. The highest BCUT2D eigenvalue weighted by molar-refractivity contribution is 5.90. The largest absolute Gasteiger partial charge is 0.504 e. The lowest BCUT2D eigenvalue weighted by Gasteiger charge is -2.31. The average Bonchev–Trinajstić information content (AvgIpc) is 2.91. The lowest BCUT2D eigenvalue weighted by molar-refractivity contribution is -0.150. The van der Waals surface area contributed by atoms with Crippen LogP contribution in [0.3, 0.4) is 0 Å². The van der Waals surface area contributed by atoms with E-state index in [1.54, 1.807) is 6.07 Å². The Morgan fingerprint density at radius 2 is 2.05 bits per heavy atom. The van der Waals surface area contributed by atoms with E-state index >= 15 is 0 Å². The van der Waals surface area contributed by atoms with Crippen LogP contribution in [0.25, 0.3) is 0 Å². The second-order valence-corrected chi connectivity index (χ2v) is 5.91. The molecule has 2 atom stereocenters. The van der Waals surface area contributed by atoms with Crippen molar-refractivity contribution in [1.82, 2.24) is 4.90 Å². The lowest BCUT2D eigenvalue weighted by atomic mass is 9.92. The first-order chi connectivity index (χ1) is 10.2. The average molecular weight is 308 g/mol. The van der Waals surface area contributed by atoms with E-state index in [9.17, 15) is 19.8 Å². The van der Waals surface area contributed by atoms with Crippen LogP contribution in [0.4, 0.5) is 0 Å². The summed E-state index contributed by atoms with van der Waals surface area (Å²) in [6.07, 6.45) is 1.19. The van der Waals surface area contributed by atoms with Gasteiger partial charge in [0.15, 0.2) is 11.5 Å². The number of aromatic hydroxyl groups is 2. The van der Waals surface area contributed by atoms with Gasteiger partial charge in [0.05, 0.1) is 5.54 Å². The van der Waals surface area contributed by atoms with Gasteiger partial charge in [-0.1, -0.05) is 6.07 Å². The number of carboxylic acid groups (broad SMARTS) is 1. The molecule has 0 unspecified atom stereocenters. The molecule has 1 aromatic carbocycles. The summed E-state index contributed by atoms with van der Waals surface area (Å²) in [7, 11) is 0. The molecule has 0 saturated carbocycles. The lowest BCUT2D eigenvalue weighted by Crippen LogP contribution is -2.57. The van der Waals surface area contributed by atoms with Crippen molar-refractivity contribution in [1.29, 1.82) is 0 Å². The van der Waals surface area contributed by atoms with Crippen LogP contribution < -0.4 is 5.73 Å². The van der Waals surface area contributed by atoms with Crippen molar-refractivity contribution in [2.24, 2.45) is 5.73 Å². The number of carbonyl (C=O) groups excluding carboxylic acids is 1. The maximum atomic E-state index is 12.6. The van der Waals surface area contributed by atoms with E-state index < -0.39 is 23.5 Å². The highest BCUT2D eigenvalue weighted by Gasteiger charge is 2.41. The van der Waals surface area contributed by atoms with Gasteiger partial charge in [-0.2, -0.15) is 0 Å². The number of benzene rings is 1. The zero-order valence-electron chi connectivity index (χ0n) is 12.3. The molecule has 2 rings (SSSR count). The van der Waals surface area contributed by atoms with E-state index in [1.807, 2.05) is 0 Å². The Morgan fingerprint density at radius 3 is 2.64 bits per heavy atom. The van der Waals surface area contributed by atoms with E-state index in [-0.39, 0.29) is 17.9 Å². The van der Waals surface area contributed by atoms with Crippen LogP contribution in [0, 0.1) is 0 Å². The van der Waals surface area contributed by atoms with Crippen LogP contribution in [0.1, 0.15) is 25.3 Å². The number of phenols is 2. The van der Waals surface area contributed by atoms with E-state index in [0.717, 1.165) is 0 Å². The summed E-state index contributed by atoms with van der Waals surface area (Å²) in [6.45, 7) is 1.92. The van der Waals surface area contributed by atoms with E-state index in [4.69, 9.17) is 10.8 Å². The summed E-state index contributed by atoms with van der Waals surface area (Å²) >= 11 is 0. The van der Waals surface area contributed by atoms with Gasteiger partial charge in [-0.15, -0.1) is 0 Å². The van der Waals surface area contributed by atoms with Crippen molar-refractivity contribution in [3.8, 4) is 11.5 Å². The Labute approximate surface area is 128 Å². The molecule has 120 valence electrons. The zero-order valence-corrected chi connectivity index (χ0v) is 12.3. The molecule has 1 aromatic rings. The van der Waals surface area contributed by atoms with Crippen molar-refractivity contribution in [2.75, 3.05) is 6.54 Å². The summed E-state index contributed by atoms with van der Waals surface area (Å²) < 4.78 is 0. The number of nitrogens with two attached hydrogens (primary N) is 1. The van der Waals surface area contributed by atoms with Gasteiger partial charge >= 0.3 is 5.97 Å². The Kier molecular flexibility index (Phi) is 4.27. The Hall–Kier alpha value is -2.28. The summed E-state index contributed by atoms with van der Waals surface area (Å²) in [5, 5.41) is 28.0. The minimum absolute atomic E-state index is 0.127. The molecule has 0 aromatic heterocycles. The topological polar surface area (TPSA) is 124 Å². The number of hydrogen-bond acceptors (Lipinski definition) is 5. The van der Waals surface area contributed by atoms with Gasteiger partial charge in [-0.25, -0.2) is 4.79 Å². The number of rotatable bonds is 4. The summed E-state index contributed by atoms with van der Waals surface area (Å²) in [5.74, 6) is -1.99. The molecule has 1 aliphatic heterocycles. The Bertz CT molecular complexity index is 600. The molecule has 1 saturated heterocycles. The molecule has 5 N–H and O–H groups in total. The Morgan fingerprint density at radius 1 is 1.36 bits per heavy atom. The molecule has 0 spiro atoms. The van der Waals surface area contributed by atoms with E-state index in [2.05, 4.69) is 0 Å². The third-order valence-corrected chi connectivity index (χ3v) is 3.90. The van der Waals surface area contributed by atoms with Crippen LogP contribution in [0.15, 0.2) is 18.2 Å². The number of nitrogens with zero attached hydrogens (tertiary/aromatic N) is 1. The quantitative estimate of drug-likeness (QED) is 0.598. The van der Waals surface area contributed by atoms with Crippen LogP contribution >= 0.6 is 0 Å². The first-order valence-electron chi connectivity index (χ1n) is 7.06. The van der Waals surface area contributed by atoms with Gasteiger partial charge in [-0.05, 0) is 43.9 Å². The monoisotopic (exact) mass is 308 g/mol. The summed E-state index contributed by atoms with van der Waals surface area (Å²) in [6, 6.07) is 3.39. The van der Waals surface area contributed by atoms with Gasteiger partial charge < -0.3 is 26.0 Å². The highest BCUT2D eigenvalue weighted by atomic mass is 16.4. The van der Waals surface area contributed by atoms with Crippen LogP contribution in [0.2, 0.25) is 0 Å². The van der Waals surface area contributed by atoms with Crippen LogP contribution in [-0.4, -0.2) is 50.2 Å². The van der Waals surface area contributed by atoms with Crippen molar-refractivity contribution in [3.63, 3.8) is 0 Å². The number of carbonyl (C=O) groups is 2. The molecule has 7 nitrogen and oxygen atoms in total. The number of hydrogen-bond donors (Lipinski definition) is 4. The minimum atomic E-state index is -1.29. The van der Waals surface area contributed by atoms with Crippen LogP contribution in [0.5, 0.6) is 11.5 Å². The minimum Gasteiger partial charge on any atom is -0.504 e. The van der Waals surface area contributed by atoms with E-state index in [0.29, 0.717) is 24.9 Å². The second-order valence-electron chi connectivity index (χ2n) is 5.91. The molecule has 0 aliphatic carbocycles. The van der Waals surface area contributed by atoms with Crippen molar-refractivity contribution < 1.29 is 24.9 Å². The van der Waals surface area contributed by atoms with Gasteiger partial charge in [-0.3, -0.25) is 4.79 Å². The fourth-order valence-corrected chi connectivity index (χ4v) is 2.77. The van der Waals surface area contributed by atoms with Gasteiger partial charge in [0, 0.05) is 6.54 Å². The van der Waals surface area contributed by atoms with Crippen LogP contribution in [-0.2, 0) is 16.0 Å². The van der Waals surface area contributed by atoms with Gasteiger partial charge in [0.2, 0.25) is 5.91 Å². The molecule has 1 heterocycles. The van der Waals surface area contributed by atoms with Crippen molar-refractivity contribution in [2.45, 2.75) is 37.8 Å². The standard InChI is InChI=1S/C15H20N2O5/c1-15(16,8-9-4-5-11(18)12(19)7-9)14(22)17-6-2-3-10(17)13(20)21/h4-5,7,10,18-19H,2-3,6,8,16H2,1H3,(H,20,21)/t10-,15-/m0/s1. The second kappa shape index (κ2) is 5.84. The SMILES string of the molecule is C[C@](N)(Cc1ccc(O)c(O)c1)C(=O)N1CCC[C@H]1C(=O)O. The smallest absolute Gasteiger partial charge is 0.326 e. The fourth-order valence-electron chi connectivity index (χ4n) is 2.77. The fraction of sp³-hybridized carbons (Fsp3) is 0.467. The molecule has 1 aliphatic rings. The number of amides is 1. The number of likely N-dealkylation sites (tertiary alicyclic amines) is 1. The predicted molar refractivity (Wildman–Crippen MR) is 78.4 cm³/mol. The first-order valence-corrected chi connectivity index (χ1v) is 7.06. The van der Waals surface area contributed by atoms with Gasteiger partial charge in [0.1, 0.15) is 6.04 Å². The maximum Gasteiger partial charge on any atom is 0.326 e. The third-order valence-electron chi connectivity index (χ3n) is 3.90. The summed E-state index contributed by atoms with van der Waals surface area (Å²) in [4.78, 5) is 25.1. The number of phenolic OH excluding ortho intramolecular Hbond substituents is 2. The molecule has 1 fully saturated rings. The van der Waals surface area contributed by atoms with Gasteiger partial charge in [0.25, 0.3) is 0 Å². The predicted octanol–water partition coefficient (Wildman–Crippen LogP) is 0.433. The number of aliphatic carboxylic acids is 1. The maximum absolute atomic E-state index is 12.6. The molecular weight excluding hydrogens is 288 g/mol. The Balaban J connectivity index is 2.16. The van der Waals surface area contributed by atoms with Crippen molar-refractivity contribution >= 4 is 11.9 Å². The summed E-state index contributed by atoms with van der Waals surface area (Å²) in [5.41, 5.74) is 5.39. The molecule has 7 heteroatoms. The highest BCUT2D eigenvalue weighted by Crippen LogP contribution is 2.28. The van der Waals surface area contributed by atoms with Crippen molar-refractivity contribution in [3.05, 3.63) is 23.8 Å². The van der Waals surface area contributed by atoms with E-state index in [1.165, 1.54) is 24.0 Å².